The molecule has 0 fully saturated rings. The molecule has 1 aromatic carbocycles. The number of anilines is 1. The third-order valence-corrected chi connectivity index (χ3v) is 2.98. The molecular weight excluding hydrogens is 266 g/mol. The molecule has 108 valence electrons. The summed E-state index contributed by atoms with van der Waals surface area (Å²) in [6.45, 7) is 1.09. The van der Waals surface area contributed by atoms with Crippen molar-refractivity contribution in [2.24, 2.45) is 5.41 Å². The van der Waals surface area contributed by atoms with Crippen LogP contribution in [0.25, 0.3) is 0 Å². The lowest BCUT2D eigenvalue weighted by atomic mass is 9.84. The predicted molar refractivity (Wildman–Crippen MR) is 68.3 cm³/mol. The lowest BCUT2D eigenvalue weighted by molar-refractivity contribution is -0.156. The molecule has 0 aliphatic rings. The van der Waals surface area contributed by atoms with Crippen LogP contribution < -0.4 is 5.06 Å². The summed E-state index contributed by atoms with van der Waals surface area (Å²) in [6, 6.07) is 7.67. The van der Waals surface area contributed by atoms with E-state index < -0.39 is 36.1 Å². The summed E-state index contributed by atoms with van der Waals surface area (Å²) in [4.78, 5) is 33.9. The highest BCUT2D eigenvalue weighted by atomic mass is 16.5. The fourth-order valence-electron chi connectivity index (χ4n) is 1.58. The Hall–Kier alpha value is -2.41. The minimum Gasteiger partial charge on any atom is -0.481 e. The molecule has 0 radical (unpaired) electrons. The van der Waals surface area contributed by atoms with Crippen LogP contribution >= 0.6 is 0 Å². The number of nitrogens with zero attached hydrogens (tertiary/aromatic N) is 1. The minimum absolute atomic E-state index is 0.111. The van der Waals surface area contributed by atoms with Crippen molar-refractivity contribution in [2.45, 2.75) is 19.8 Å². The van der Waals surface area contributed by atoms with E-state index in [0.29, 0.717) is 0 Å². The van der Waals surface area contributed by atoms with E-state index in [1.165, 1.54) is 12.1 Å². The van der Waals surface area contributed by atoms with Gasteiger partial charge in [-0.05, 0) is 25.5 Å². The average Bonchev–Trinajstić information content (AvgIpc) is 2.43. The van der Waals surface area contributed by atoms with E-state index in [1.807, 2.05) is 0 Å². The number of para-hydroxylation sites is 1. The third kappa shape index (κ3) is 3.33. The molecule has 0 heterocycles. The molecule has 1 unspecified atom stereocenters. The first-order chi connectivity index (χ1) is 9.29. The van der Waals surface area contributed by atoms with Gasteiger partial charge in [0.05, 0.1) is 5.69 Å². The van der Waals surface area contributed by atoms with E-state index in [4.69, 9.17) is 10.2 Å². The van der Waals surface area contributed by atoms with Gasteiger partial charge in [0.1, 0.15) is 5.41 Å². The summed E-state index contributed by atoms with van der Waals surface area (Å²) in [6.07, 6.45) is -0.905. The van der Waals surface area contributed by atoms with Crippen LogP contribution in [-0.2, 0) is 14.4 Å². The zero-order chi connectivity index (χ0) is 15.3. The quantitative estimate of drug-likeness (QED) is 0.412. The number of hydroxylamine groups is 1. The normalized spacial score (nSPS) is 13.3. The number of carbonyl (C=O) groups is 3. The molecule has 0 spiro atoms. The number of carboxylic acid groups (broad SMARTS) is 2. The lowest BCUT2D eigenvalue weighted by Crippen LogP contribution is -2.46. The Balaban J connectivity index is 3.00. The summed E-state index contributed by atoms with van der Waals surface area (Å²) in [5, 5.41) is 27.8. The van der Waals surface area contributed by atoms with Crippen molar-refractivity contribution in [3.8, 4) is 0 Å². The van der Waals surface area contributed by atoms with E-state index >= 15 is 0 Å². The van der Waals surface area contributed by atoms with Crippen molar-refractivity contribution in [2.75, 3.05) is 5.06 Å². The van der Waals surface area contributed by atoms with Crippen molar-refractivity contribution in [3.63, 3.8) is 0 Å². The van der Waals surface area contributed by atoms with Crippen molar-refractivity contribution >= 4 is 23.5 Å². The van der Waals surface area contributed by atoms with Gasteiger partial charge in [0.2, 0.25) is 0 Å². The van der Waals surface area contributed by atoms with Crippen LogP contribution in [-0.4, -0.2) is 33.3 Å². The van der Waals surface area contributed by atoms with Crippen LogP contribution in [0.2, 0.25) is 0 Å². The van der Waals surface area contributed by atoms with Crippen LogP contribution in [0.15, 0.2) is 30.3 Å². The molecule has 1 rings (SSSR count). The van der Waals surface area contributed by atoms with Gasteiger partial charge in [-0.3, -0.25) is 19.6 Å². The maximum Gasteiger partial charge on any atom is 0.319 e. The highest BCUT2D eigenvalue weighted by Crippen LogP contribution is 2.28. The summed E-state index contributed by atoms with van der Waals surface area (Å²) >= 11 is 0. The van der Waals surface area contributed by atoms with Gasteiger partial charge in [0, 0.05) is 6.42 Å². The molecule has 7 nitrogen and oxygen atoms in total. The number of amides is 1. The first-order valence-electron chi connectivity index (χ1n) is 5.82. The topological polar surface area (TPSA) is 115 Å². The molecular formula is C13H15NO6. The van der Waals surface area contributed by atoms with Crippen molar-refractivity contribution in [3.05, 3.63) is 30.3 Å². The van der Waals surface area contributed by atoms with Gasteiger partial charge >= 0.3 is 11.9 Å². The smallest absolute Gasteiger partial charge is 0.319 e. The summed E-state index contributed by atoms with van der Waals surface area (Å²) in [5.41, 5.74) is -1.90. The molecule has 0 saturated heterocycles. The first kappa shape index (κ1) is 15.6. The molecule has 0 aliphatic heterocycles. The molecule has 1 aromatic rings. The largest absolute Gasteiger partial charge is 0.481 e. The minimum atomic E-state index is -2.01. The molecule has 1 atom stereocenters. The highest BCUT2D eigenvalue weighted by molar-refractivity contribution is 6.08. The fourth-order valence-corrected chi connectivity index (χ4v) is 1.58. The molecule has 0 saturated carbocycles. The van der Waals surface area contributed by atoms with Gasteiger partial charge in [0.15, 0.2) is 0 Å². The zero-order valence-electron chi connectivity index (χ0n) is 10.8. The second-order valence-electron chi connectivity index (χ2n) is 4.48. The molecule has 0 aromatic heterocycles. The Morgan fingerprint density at radius 1 is 1.15 bits per heavy atom. The van der Waals surface area contributed by atoms with Crippen molar-refractivity contribution in [1.82, 2.24) is 0 Å². The van der Waals surface area contributed by atoms with Gasteiger partial charge in [-0.25, -0.2) is 0 Å². The molecule has 7 heteroatoms. The second kappa shape index (κ2) is 6.16. The van der Waals surface area contributed by atoms with Crippen LogP contribution in [0.5, 0.6) is 0 Å². The van der Waals surface area contributed by atoms with E-state index in [-0.39, 0.29) is 10.8 Å². The number of aliphatic carboxylic acids is 2. The fraction of sp³-hybridized carbons (Fsp3) is 0.308. The Kier molecular flexibility index (Phi) is 4.82. The Morgan fingerprint density at radius 3 is 2.15 bits per heavy atom. The molecule has 0 aliphatic carbocycles. The van der Waals surface area contributed by atoms with Crippen molar-refractivity contribution in [1.29, 1.82) is 0 Å². The van der Waals surface area contributed by atoms with Crippen LogP contribution in [0.4, 0.5) is 5.69 Å². The standard InChI is InChI=1S/C13H15NO6/c1-13(12(18)19,8-7-10(15)16)11(17)14(20)9-5-3-2-4-6-9/h2-6,20H,7-8H2,1H3,(H,15,16)(H,18,19). The third-order valence-electron chi connectivity index (χ3n) is 2.98. The van der Waals surface area contributed by atoms with Gasteiger partial charge in [0.25, 0.3) is 5.91 Å². The van der Waals surface area contributed by atoms with Crippen LogP contribution in [0.1, 0.15) is 19.8 Å². The number of carbonyl (C=O) groups excluding carboxylic acids is 1. The molecule has 3 N–H and O–H groups in total. The van der Waals surface area contributed by atoms with Gasteiger partial charge < -0.3 is 10.2 Å². The second-order valence-corrected chi connectivity index (χ2v) is 4.48. The Labute approximate surface area is 115 Å². The molecule has 0 bridgehead atoms. The number of benzene rings is 1. The van der Waals surface area contributed by atoms with Crippen molar-refractivity contribution < 1.29 is 29.8 Å². The van der Waals surface area contributed by atoms with Crippen LogP contribution in [0, 0.1) is 5.41 Å². The number of carboxylic acids is 2. The predicted octanol–water partition coefficient (Wildman–Crippen LogP) is 1.36. The monoisotopic (exact) mass is 281 g/mol. The maximum absolute atomic E-state index is 12.1. The lowest BCUT2D eigenvalue weighted by Gasteiger charge is -2.27. The van der Waals surface area contributed by atoms with Gasteiger partial charge in [-0.15, -0.1) is 0 Å². The van der Waals surface area contributed by atoms with Gasteiger partial charge in [-0.2, -0.15) is 5.06 Å². The van der Waals surface area contributed by atoms with E-state index in [0.717, 1.165) is 6.92 Å². The number of hydrogen-bond donors (Lipinski definition) is 3. The van der Waals surface area contributed by atoms with E-state index in [2.05, 4.69) is 0 Å². The zero-order valence-corrected chi connectivity index (χ0v) is 10.8. The Bertz CT molecular complexity index is 515. The SMILES string of the molecule is CC(CCC(=O)O)(C(=O)O)C(=O)N(O)c1ccccc1. The Morgan fingerprint density at radius 2 is 1.70 bits per heavy atom. The first-order valence-corrected chi connectivity index (χ1v) is 5.82. The number of hydrogen-bond acceptors (Lipinski definition) is 4. The summed E-state index contributed by atoms with van der Waals surface area (Å²) in [7, 11) is 0. The molecule has 20 heavy (non-hydrogen) atoms. The average molecular weight is 281 g/mol. The highest BCUT2D eigenvalue weighted by Gasteiger charge is 2.44. The number of rotatable bonds is 6. The van der Waals surface area contributed by atoms with Crippen LogP contribution in [0.3, 0.4) is 0 Å². The maximum atomic E-state index is 12.1. The summed E-state index contributed by atoms with van der Waals surface area (Å²) in [5.74, 6) is -3.79. The van der Waals surface area contributed by atoms with E-state index in [1.54, 1.807) is 18.2 Å². The van der Waals surface area contributed by atoms with E-state index in [9.17, 15) is 19.6 Å². The molecule has 1 amide bonds. The summed E-state index contributed by atoms with van der Waals surface area (Å²) < 4.78 is 0. The van der Waals surface area contributed by atoms with Gasteiger partial charge in [-0.1, -0.05) is 18.2 Å².